The number of hydrogen-bond acceptors (Lipinski definition) is 0. The Morgan fingerprint density at radius 3 is 2.00 bits per heavy atom. The normalized spacial score (nSPS) is 11.2. The van der Waals surface area contributed by atoms with Crippen LogP contribution in [0.4, 0.5) is 8.22 Å². The molecule has 0 N–H and O–H groups in total. The Kier molecular flexibility index (Phi) is 4.04. The third-order valence-corrected chi connectivity index (χ3v) is 1.73. The van der Waals surface area contributed by atoms with Crippen LogP contribution in [0.15, 0.2) is 0 Å². The van der Waals surface area contributed by atoms with Crippen molar-refractivity contribution in [2.75, 3.05) is 0 Å². The van der Waals surface area contributed by atoms with Gasteiger partial charge in [-0.15, -0.1) is 0 Å². The fourth-order valence-corrected chi connectivity index (χ4v) is 1.38. The van der Waals surface area contributed by atoms with Gasteiger partial charge < -0.3 is 0 Å². The molecular formula is C5H12F2Si. The second kappa shape index (κ2) is 4.01. The van der Waals surface area contributed by atoms with Gasteiger partial charge in [0.15, 0.2) is 0 Å². The maximum atomic E-state index is 11.5. The van der Waals surface area contributed by atoms with Gasteiger partial charge in [0, 0.05) is 0 Å². The zero-order valence-corrected chi connectivity index (χ0v) is 6.48. The molecule has 0 radical (unpaired) electrons. The van der Waals surface area contributed by atoms with Crippen LogP contribution in [0.1, 0.15) is 20.3 Å². The van der Waals surface area contributed by atoms with Gasteiger partial charge in [0.1, 0.15) is 0 Å². The lowest BCUT2D eigenvalue weighted by molar-refractivity contribution is 0.576. The quantitative estimate of drug-likeness (QED) is 0.414. The Balaban J connectivity index is 2.93. The van der Waals surface area contributed by atoms with Gasteiger partial charge in [0.05, 0.1) is 0 Å². The molecule has 0 aromatic heterocycles. The van der Waals surface area contributed by atoms with Gasteiger partial charge in [0.2, 0.25) is 0 Å². The summed E-state index contributed by atoms with van der Waals surface area (Å²) in [6.45, 7) is 3.94. The largest absolute Gasteiger partial charge is 0.411 e. The first-order valence-corrected chi connectivity index (χ1v) is 4.60. The third-order valence-electron chi connectivity index (χ3n) is 0.962. The summed E-state index contributed by atoms with van der Waals surface area (Å²) < 4.78 is 23.1. The van der Waals surface area contributed by atoms with E-state index in [2.05, 4.69) is 0 Å². The van der Waals surface area contributed by atoms with Crippen molar-refractivity contribution in [3.63, 3.8) is 0 Å². The average molecular weight is 138 g/mol. The minimum atomic E-state index is -3.23. The number of halogens is 2. The van der Waals surface area contributed by atoms with Crippen LogP contribution in [-0.2, 0) is 0 Å². The molecule has 0 aliphatic rings. The van der Waals surface area contributed by atoms with Gasteiger partial charge in [-0.2, -0.15) is 0 Å². The van der Waals surface area contributed by atoms with Crippen LogP contribution in [0.2, 0.25) is 6.04 Å². The van der Waals surface area contributed by atoms with Crippen molar-refractivity contribution in [1.82, 2.24) is 0 Å². The molecule has 8 heavy (non-hydrogen) atoms. The topological polar surface area (TPSA) is 0 Å². The predicted molar refractivity (Wildman–Crippen MR) is 33.6 cm³/mol. The smallest absolute Gasteiger partial charge is 0.275 e. The second-order valence-electron chi connectivity index (χ2n) is 2.36. The van der Waals surface area contributed by atoms with Crippen molar-refractivity contribution in [1.29, 1.82) is 0 Å². The fraction of sp³-hybridized carbons (Fsp3) is 1.00. The van der Waals surface area contributed by atoms with E-state index >= 15 is 0 Å². The van der Waals surface area contributed by atoms with Gasteiger partial charge in [-0.05, 0) is 18.4 Å². The lowest BCUT2D eigenvalue weighted by atomic mass is 10.2. The molecule has 0 fully saturated rings. The molecule has 0 saturated carbocycles. The standard InChI is InChI=1S/C5H12F2Si/c1-5(2)3-4-8(6)7/h5,8H,3-4H2,1-2H3. The summed E-state index contributed by atoms with van der Waals surface area (Å²) in [4.78, 5) is 0. The third kappa shape index (κ3) is 6.08. The average Bonchev–Trinajstić information content (AvgIpc) is 1.61. The van der Waals surface area contributed by atoms with Gasteiger partial charge in [0.25, 0.3) is 0 Å². The molecule has 0 bridgehead atoms. The summed E-state index contributed by atoms with van der Waals surface area (Å²) >= 11 is 0. The summed E-state index contributed by atoms with van der Waals surface area (Å²) in [6, 6.07) is 0.192. The van der Waals surface area contributed by atoms with E-state index in [-0.39, 0.29) is 6.04 Å². The summed E-state index contributed by atoms with van der Waals surface area (Å²) in [5.41, 5.74) is 0. The van der Waals surface area contributed by atoms with Crippen molar-refractivity contribution >= 4 is 9.46 Å². The molecule has 0 aromatic rings. The Morgan fingerprint density at radius 1 is 1.38 bits per heavy atom. The van der Waals surface area contributed by atoms with Crippen LogP contribution in [0.25, 0.3) is 0 Å². The van der Waals surface area contributed by atoms with E-state index in [4.69, 9.17) is 0 Å². The highest BCUT2D eigenvalue weighted by molar-refractivity contribution is 6.42. The highest BCUT2D eigenvalue weighted by Crippen LogP contribution is 2.07. The predicted octanol–water partition coefficient (Wildman–Crippen LogP) is 2.19. The Bertz CT molecular complexity index is 46.4. The molecule has 50 valence electrons. The van der Waals surface area contributed by atoms with Crippen LogP contribution in [-0.4, -0.2) is 9.46 Å². The summed E-state index contributed by atoms with van der Waals surface area (Å²) in [6.07, 6.45) is 0.698. The zero-order valence-electron chi connectivity index (χ0n) is 5.32. The van der Waals surface area contributed by atoms with Crippen molar-refractivity contribution in [2.24, 2.45) is 5.92 Å². The monoisotopic (exact) mass is 138 g/mol. The maximum absolute atomic E-state index is 11.5. The molecule has 0 amide bonds. The molecule has 0 atom stereocenters. The van der Waals surface area contributed by atoms with Gasteiger partial charge in [-0.1, -0.05) is 13.8 Å². The lowest BCUT2D eigenvalue weighted by Crippen LogP contribution is -1.97. The fourth-order valence-electron chi connectivity index (χ4n) is 0.459. The molecule has 0 aromatic carbocycles. The first-order chi connectivity index (χ1) is 3.63. The van der Waals surface area contributed by atoms with Crippen LogP contribution in [0.5, 0.6) is 0 Å². The zero-order chi connectivity index (χ0) is 6.57. The number of rotatable bonds is 3. The van der Waals surface area contributed by atoms with Gasteiger partial charge >= 0.3 is 9.46 Å². The SMILES string of the molecule is CC(C)CC[SiH](F)F. The highest BCUT2D eigenvalue weighted by Gasteiger charge is 2.06. The van der Waals surface area contributed by atoms with Crippen LogP contribution >= 0.6 is 0 Å². The van der Waals surface area contributed by atoms with E-state index < -0.39 is 9.46 Å². The molecular weight excluding hydrogens is 126 g/mol. The van der Waals surface area contributed by atoms with Crippen LogP contribution < -0.4 is 0 Å². The summed E-state index contributed by atoms with van der Waals surface area (Å²) in [5.74, 6) is 0.441. The lowest BCUT2D eigenvalue weighted by Gasteiger charge is -1.99. The van der Waals surface area contributed by atoms with Crippen molar-refractivity contribution in [3.8, 4) is 0 Å². The summed E-state index contributed by atoms with van der Waals surface area (Å²) in [5, 5.41) is 0. The van der Waals surface area contributed by atoms with Gasteiger partial charge in [-0.25, -0.2) is 0 Å². The van der Waals surface area contributed by atoms with E-state index in [0.29, 0.717) is 12.3 Å². The Labute approximate surface area is 50.9 Å². The van der Waals surface area contributed by atoms with Crippen molar-refractivity contribution < 1.29 is 8.22 Å². The number of hydrogen-bond donors (Lipinski definition) is 0. The minimum absolute atomic E-state index is 0.192. The molecule has 0 heterocycles. The highest BCUT2D eigenvalue weighted by atomic mass is 28.4. The van der Waals surface area contributed by atoms with Crippen molar-refractivity contribution in [3.05, 3.63) is 0 Å². The minimum Gasteiger partial charge on any atom is -0.275 e. The Hall–Kier alpha value is 0.0769. The van der Waals surface area contributed by atoms with E-state index in [1.165, 1.54) is 0 Å². The Morgan fingerprint density at radius 2 is 1.88 bits per heavy atom. The van der Waals surface area contributed by atoms with Gasteiger partial charge in [-0.3, -0.25) is 8.22 Å². The van der Waals surface area contributed by atoms with E-state index in [1.807, 2.05) is 13.8 Å². The van der Waals surface area contributed by atoms with E-state index in [9.17, 15) is 8.22 Å². The molecule has 0 saturated heterocycles. The molecule has 3 heteroatoms. The first kappa shape index (κ1) is 8.08. The molecule has 0 rings (SSSR count). The molecule has 0 spiro atoms. The molecule has 0 aliphatic heterocycles. The van der Waals surface area contributed by atoms with E-state index in [0.717, 1.165) is 0 Å². The van der Waals surface area contributed by atoms with E-state index in [1.54, 1.807) is 0 Å². The van der Waals surface area contributed by atoms with Crippen LogP contribution in [0.3, 0.4) is 0 Å². The molecule has 0 aliphatic carbocycles. The maximum Gasteiger partial charge on any atom is 0.411 e. The molecule has 0 nitrogen and oxygen atoms in total. The van der Waals surface area contributed by atoms with Crippen molar-refractivity contribution in [2.45, 2.75) is 26.3 Å². The first-order valence-electron chi connectivity index (χ1n) is 2.91. The second-order valence-corrected chi connectivity index (χ2v) is 3.72. The summed E-state index contributed by atoms with van der Waals surface area (Å²) in [7, 11) is -3.23. The molecule has 0 unspecified atom stereocenters. The van der Waals surface area contributed by atoms with Crippen LogP contribution in [0, 0.1) is 5.92 Å².